The van der Waals surface area contributed by atoms with Crippen LogP contribution in [0.3, 0.4) is 0 Å². The standard InChI is InChI=1S/C15H20N4O/c1-11(2)14-16-6-3-13(18-14)19-8-4-12(5-9-19)15-17-7-10-20-15/h3,6-7,10-12H,4-5,8-9H2,1-2H3. The van der Waals surface area contributed by atoms with Gasteiger partial charge in [-0.3, -0.25) is 0 Å². The topological polar surface area (TPSA) is 55.1 Å². The normalized spacial score (nSPS) is 16.9. The number of piperidine rings is 1. The molecule has 2 aromatic heterocycles. The van der Waals surface area contributed by atoms with Gasteiger partial charge < -0.3 is 9.32 Å². The van der Waals surface area contributed by atoms with Crippen molar-refractivity contribution in [2.24, 2.45) is 0 Å². The summed E-state index contributed by atoms with van der Waals surface area (Å²) < 4.78 is 5.41. The Morgan fingerprint density at radius 2 is 2.00 bits per heavy atom. The Hall–Kier alpha value is -1.91. The predicted molar refractivity (Wildman–Crippen MR) is 76.8 cm³/mol. The monoisotopic (exact) mass is 272 g/mol. The summed E-state index contributed by atoms with van der Waals surface area (Å²) >= 11 is 0. The van der Waals surface area contributed by atoms with Crippen LogP contribution in [0.15, 0.2) is 29.1 Å². The maximum atomic E-state index is 5.41. The minimum absolute atomic E-state index is 0.361. The molecule has 3 heterocycles. The van der Waals surface area contributed by atoms with Gasteiger partial charge in [0.15, 0.2) is 5.89 Å². The van der Waals surface area contributed by atoms with Gasteiger partial charge in [0.1, 0.15) is 17.9 Å². The first-order valence-corrected chi connectivity index (χ1v) is 7.21. The van der Waals surface area contributed by atoms with Crippen LogP contribution in [-0.2, 0) is 0 Å². The second-order valence-corrected chi connectivity index (χ2v) is 5.56. The van der Waals surface area contributed by atoms with Gasteiger partial charge in [-0.05, 0) is 18.9 Å². The molecule has 0 aromatic carbocycles. The van der Waals surface area contributed by atoms with Crippen LogP contribution in [-0.4, -0.2) is 28.0 Å². The fraction of sp³-hybridized carbons (Fsp3) is 0.533. The number of oxazole rings is 1. The first kappa shape index (κ1) is 13.1. The van der Waals surface area contributed by atoms with Crippen molar-refractivity contribution in [2.75, 3.05) is 18.0 Å². The Morgan fingerprint density at radius 1 is 1.20 bits per heavy atom. The minimum Gasteiger partial charge on any atom is -0.449 e. The average molecular weight is 272 g/mol. The smallest absolute Gasteiger partial charge is 0.197 e. The molecule has 0 N–H and O–H groups in total. The molecule has 1 fully saturated rings. The van der Waals surface area contributed by atoms with E-state index in [9.17, 15) is 0 Å². The molecule has 0 unspecified atom stereocenters. The summed E-state index contributed by atoms with van der Waals surface area (Å²) in [7, 11) is 0. The van der Waals surface area contributed by atoms with Gasteiger partial charge in [-0.15, -0.1) is 0 Å². The van der Waals surface area contributed by atoms with Gasteiger partial charge in [-0.1, -0.05) is 13.8 Å². The van der Waals surface area contributed by atoms with Gasteiger partial charge in [-0.25, -0.2) is 15.0 Å². The van der Waals surface area contributed by atoms with E-state index in [0.29, 0.717) is 11.8 Å². The maximum absolute atomic E-state index is 5.41. The molecule has 0 aliphatic carbocycles. The van der Waals surface area contributed by atoms with Crippen LogP contribution in [0.1, 0.15) is 50.2 Å². The van der Waals surface area contributed by atoms with E-state index in [4.69, 9.17) is 4.42 Å². The molecular formula is C15H20N4O. The lowest BCUT2D eigenvalue weighted by Gasteiger charge is -2.31. The van der Waals surface area contributed by atoms with Crippen molar-refractivity contribution < 1.29 is 4.42 Å². The van der Waals surface area contributed by atoms with Gasteiger partial charge in [0, 0.05) is 31.1 Å². The number of aromatic nitrogens is 3. The fourth-order valence-corrected chi connectivity index (χ4v) is 2.61. The van der Waals surface area contributed by atoms with Crippen molar-refractivity contribution >= 4 is 5.82 Å². The Kier molecular flexibility index (Phi) is 3.67. The van der Waals surface area contributed by atoms with E-state index in [1.807, 2.05) is 12.3 Å². The third-order valence-electron chi connectivity index (χ3n) is 3.80. The highest BCUT2D eigenvalue weighted by Gasteiger charge is 2.24. The molecular weight excluding hydrogens is 252 g/mol. The second kappa shape index (κ2) is 5.61. The van der Waals surface area contributed by atoms with Crippen LogP contribution < -0.4 is 4.90 Å². The van der Waals surface area contributed by atoms with Crippen molar-refractivity contribution in [2.45, 2.75) is 38.5 Å². The van der Waals surface area contributed by atoms with Gasteiger partial charge in [0.25, 0.3) is 0 Å². The molecule has 3 rings (SSSR count). The Morgan fingerprint density at radius 3 is 2.65 bits per heavy atom. The van der Waals surface area contributed by atoms with Crippen LogP contribution in [0, 0.1) is 0 Å². The summed E-state index contributed by atoms with van der Waals surface area (Å²) in [5.74, 6) is 3.62. The molecule has 0 amide bonds. The molecule has 5 heteroatoms. The van der Waals surface area contributed by atoms with E-state index in [0.717, 1.165) is 43.5 Å². The molecule has 1 saturated heterocycles. The molecule has 0 atom stereocenters. The summed E-state index contributed by atoms with van der Waals surface area (Å²) in [5, 5.41) is 0. The Balaban J connectivity index is 1.67. The second-order valence-electron chi connectivity index (χ2n) is 5.56. The lowest BCUT2D eigenvalue weighted by Crippen LogP contribution is -2.33. The number of hydrogen-bond acceptors (Lipinski definition) is 5. The SMILES string of the molecule is CC(C)c1nccc(N2CCC(c3ncco3)CC2)n1. The van der Waals surface area contributed by atoms with Crippen LogP contribution in [0.4, 0.5) is 5.82 Å². The zero-order valence-electron chi connectivity index (χ0n) is 12.0. The number of anilines is 1. The third kappa shape index (κ3) is 2.66. The summed E-state index contributed by atoms with van der Waals surface area (Å²) in [6.45, 7) is 6.21. The molecule has 0 spiro atoms. The van der Waals surface area contributed by atoms with Crippen molar-refractivity contribution in [1.29, 1.82) is 0 Å². The lowest BCUT2D eigenvalue weighted by atomic mass is 9.97. The van der Waals surface area contributed by atoms with E-state index in [1.54, 1.807) is 12.5 Å². The van der Waals surface area contributed by atoms with Crippen molar-refractivity contribution in [1.82, 2.24) is 15.0 Å². The van der Waals surface area contributed by atoms with Gasteiger partial charge >= 0.3 is 0 Å². The van der Waals surface area contributed by atoms with E-state index >= 15 is 0 Å². The van der Waals surface area contributed by atoms with Crippen LogP contribution in [0.2, 0.25) is 0 Å². The van der Waals surface area contributed by atoms with Crippen molar-refractivity contribution in [3.05, 3.63) is 36.4 Å². The Labute approximate surface area is 119 Å². The average Bonchev–Trinajstić information content (AvgIpc) is 3.02. The first-order valence-electron chi connectivity index (χ1n) is 7.21. The van der Waals surface area contributed by atoms with Crippen LogP contribution in [0.25, 0.3) is 0 Å². The first-order chi connectivity index (χ1) is 9.74. The molecule has 2 aromatic rings. The van der Waals surface area contributed by atoms with Gasteiger partial charge in [0.05, 0.1) is 6.20 Å². The van der Waals surface area contributed by atoms with E-state index in [-0.39, 0.29) is 0 Å². The van der Waals surface area contributed by atoms with Crippen LogP contribution in [0.5, 0.6) is 0 Å². The Bertz CT molecular complexity index is 545. The van der Waals surface area contributed by atoms with Gasteiger partial charge in [-0.2, -0.15) is 0 Å². The summed E-state index contributed by atoms with van der Waals surface area (Å²) in [5.41, 5.74) is 0. The van der Waals surface area contributed by atoms with Gasteiger partial charge in [0.2, 0.25) is 0 Å². The quantitative estimate of drug-likeness (QED) is 0.859. The summed E-state index contributed by atoms with van der Waals surface area (Å²) in [6, 6.07) is 2.00. The molecule has 20 heavy (non-hydrogen) atoms. The number of rotatable bonds is 3. The van der Waals surface area contributed by atoms with Crippen molar-refractivity contribution in [3.8, 4) is 0 Å². The van der Waals surface area contributed by atoms with E-state index in [2.05, 4.69) is 33.7 Å². The maximum Gasteiger partial charge on any atom is 0.197 e. The minimum atomic E-state index is 0.361. The van der Waals surface area contributed by atoms with E-state index in [1.165, 1.54) is 0 Å². The third-order valence-corrected chi connectivity index (χ3v) is 3.80. The van der Waals surface area contributed by atoms with E-state index < -0.39 is 0 Å². The molecule has 0 radical (unpaired) electrons. The lowest BCUT2D eigenvalue weighted by molar-refractivity contribution is 0.392. The number of hydrogen-bond donors (Lipinski definition) is 0. The zero-order chi connectivity index (χ0) is 13.9. The summed E-state index contributed by atoms with van der Waals surface area (Å²) in [6.07, 6.45) is 7.35. The predicted octanol–water partition coefficient (Wildman–Crippen LogP) is 2.97. The molecule has 1 aliphatic rings. The highest BCUT2D eigenvalue weighted by Crippen LogP contribution is 2.28. The highest BCUT2D eigenvalue weighted by molar-refractivity contribution is 5.38. The molecule has 5 nitrogen and oxygen atoms in total. The molecule has 0 bridgehead atoms. The molecule has 1 aliphatic heterocycles. The molecule has 106 valence electrons. The largest absolute Gasteiger partial charge is 0.449 e. The zero-order valence-corrected chi connectivity index (χ0v) is 12.0. The molecule has 0 saturated carbocycles. The summed E-state index contributed by atoms with van der Waals surface area (Å²) in [4.78, 5) is 15.6. The van der Waals surface area contributed by atoms with Crippen molar-refractivity contribution in [3.63, 3.8) is 0 Å². The number of nitrogens with zero attached hydrogens (tertiary/aromatic N) is 4. The highest BCUT2D eigenvalue weighted by atomic mass is 16.3. The fourth-order valence-electron chi connectivity index (χ4n) is 2.61. The van der Waals surface area contributed by atoms with Crippen LogP contribution >= 0.6 is 0 Å².